The van der Waals surface area contributed by atoms with E-state index >= 15 is 0 Å². The molecule has 0 saturated carbocycles. The van der Waals surface area contributed by atoms with Crippen molar-refractivity contribution in [1.29, 1.82) is 0 Å². The Morgan fingerprint density at radius 2 is 2.16 bits per heavy atom. The minimum Gasteiger partial charge on any atom is -0.306 e. The minimum atomic E-state index is 0.0987. The summed E-state index contributed by atoms with van der Waals surface area (Å²) in [4.78, 5) is 1.14. The van der Waals surface area contributed by atoms with Crippen LogP contribution in [-0.2, 0) is 6.42 Å². The first-order valence-electron chi connectivity index (χ1n) is 6.46. The molecule has 2 aromatic rings. The summed E-state index contributed by atoms with van der Waals surface area (Å²) in [6.45, 7) is 7.04. The second kappa shape index (κ2) is 6.46. The van der Waals surface area contributed by atoms with Gasteiger partial charge in [0.15, 0.2) is 0 Å². The van der Waals surface area contributed by atoms with Gasteiger partial charge < -0.3 is 5.32 Å². The van der Waals surface area contributed by atoms with Crippen molar-refractivity contribution >= 4 is 22.9 Å². The lowest BCUT2D eigenvalue weighted by molar-refractivity contribution is 0.625. The molecule has 0 spiro atoms. The van der Waals surface area contributed by atoms with Gasteiger partial charge in [0, 0.05) is 4.88 Å². The molecule has 0 amide bonds. The van der Waals surface area contributed by atoms with Gasteiger partial charge in [-0.1, -0.05) is 25.4 Å². The molecule has 19 heavy (non-hydrogen) atoms. The van der Waals surface area contributed by atoms with Gasteiger partial charge in [0.25, 0.3) is 0 Å². The molecule has 0 aliphatic heterocycles. The zero-order valence-corrected chi connectivity index (χ0v) is 13.0. The quantitative estimate of drug-likeness (QED) is 0.912. The Morgan fingerprint density at radius 3 is 2.74 bits per heavy atom. The third kappa shape index (κ3) is 3.14. The first-order valence-corrected chi connectivity index (χ1v) is 7.72. The van der Waals surface area contributed by atoms with Crippen LogP contribution in [0.2, 0.25) is 5.02 Å². The fourth-order valence-corrected chi connectivity index (χ4v) is 3.38. The number of nitrogens with zero attached hydrogens (tertiary/aromatic N) is 2. The molecule has 0 aromatic carbocycles. The van der Waals surface area contributed by atoms with Crippen molar-refractivity contribution in [2.24, 2.45) is 0 Å². The largest absolute Gasteiger partial charge is 0.306 e. The van der Waals surface area contributed by atoms with Gasteiger partial charge in [-0.2, -0.15) is 10.2 Å². The highest BCUT2D eigenvalue weighted by Crippen LogP contribution is 2.34. The van der Waals surface area contributed by atoms with Crippen LogP contribution in [0.4, 0.5) is 0 Å². The normalized spacial score (nSPS) is 12.6. The second-order valence-electron chi connectivity index (χ2n) is 4.36. The summed E-state index contributed by atoms with van der Waals surface area (Å²) in [5.41, 5.74) is 3.14. The van der Waals surface area contributed by atoms with Crippen molar-refractivity contribution in [3.8, 4) is 0 Å². The van der Waals surface area contributed by atoms with E-state index in [9.17, 15) is 0 Å². The van der Waals surface area contributed by atoms with Crippen molar-refractivity contribution in [1.82, 2.24) is 15.5 Å². The monoisotopic (exact) mass is 295 g/mol. The van der Waals surface area contributed by atoms with Gasteiger partial charge in [-0.25, -0.2) is 0 Å². The molecular weight excluding hydrogens is 278 g/mol. The SMILES string of the molecule is CCNC(c1cc(C)nnc1CC)c1sccc1Cl. The molecule has 2 heterocycles. The van der Waals surface area contributed by atoms with Crippen LogP contribution in [-0.4, -0.2) is 16.7 Å². The molecule has 1 atom stereocenters. The van der Waals surface area contributed by atoms with Gasteiger partial charge >= 0.3 is 0 Å². The summed E-state index contributed by atoms with van der Waals surface area (Å²) in [6, 6.07) is 4.15. The third-order valence-electron chi connectivity index (χ3n) is 2.99. The van der Waals surface area contributed by atoms with Crippen molar-refractivity contribution in [3.63, 3.8) is 0 Å². The molecule has 1 N–H and O–H groups in total. The Labute approximate surface area is 123 Å². The maximum absolute atomic E-state index is 6.29. The van der Waals surface area contributed by atoms with Crippen LogP contribution < -0.4 is 5.32 Å². The van der Waals surface area contributed by atoms with Crippen LogP contribution in [0.1, 0.15) is 41.7 Å². The molecule has 0 fully saturated rings. The smallest absolute Gasteiger partial charge is 0.0705 e. The molecular formula is C14H18ClN3S. The molecule has 2 aromatic heterocycles. The summed E-state index contributed by atoms with van der Waals surface area (Å²) in [5, 5.41) is 14.8. The molecule has 2 rings (SSSR count). The van der Waals surface area contributed by atoms with E-state index in [4.69, 9.17) is 11.6 Å². The van der Waals surface area contributed by atoms with Crippen molar-refractivity contribution in [2.75, 3.05) is 6.54 Å². The molecule has 102 valence electrons. The summed E-state index contributed by atoms with van der Waals surface area (Å²) in [5.74, 6) is 0. The second-order valence-corrected chi connectivity index (χ2v) is 5.72. The highest BCUT2D eigenvalue weighted by Gasteiger charge is 2.21. The lowest BCUT2D eigenvalue weighted by atomic mass is 10.0. The average molecular weight is 296 g/mol. The van der Waals surface area contributed by atoms with Gasteiger partial charge in [0.2, 0.25) is 0 Å². The number of hydrogen-bond donors (Lipinski definition) is 1. The van der Waals surface area contributed by atoms with Gasteiger partial charge in [0.1, 0.15) is 0 Å². The zero-order valence-electron chi connectivity index (χ0n) is 11.4. The van der Waals surface area contributed by atoms with E-state index in [2.05, 4.69) is 35.4 Å². The van der Waals surface area contributed by atoms with E-state index in [-0.39, 0.29) is 6.04 Å². The lowest BCUT2D eigenvalue weighted by Gasteiger charge is -2.20. The van der Waals surface area contributed by atoms with Crippen LogP contribution in [0.15, 0.2) is 17.5 Å². The molecule has 0 aliphatic carbocycles. The van der Waals surface area contributed by atoms with E-state index in [1.807, 2.05) is 18.4 Å². The van der Waals surface area contributed by atoms with Crippen molar-refractivity contribution in [3.05, 3.63) is 44.4 Å². The third-order valence-corrected chi connectivity index (χ3v) is 4.41. The van der Waals surface area contributed by atoms with E-state index in [1.54, 1.807) is 11.3 Å². The van der Waals surface area contributed by atoms with Gasteiger partial charge in [-0.05, 0) is 43.0 Å². The van der Waals surface area contributed by atoms with Gasteiger partial charge in [0.05, 0.1) is 22.5 Å². The highest BCUT2D eigenvalue weighted by molar-refractivity contribution is 7.10. The number of rotatable bonds is 5. The van der Waals surface area contributed by atoms with Gasteiger partial charge in [-0.3, -0.25) is 0 Å². The maximum atomic E-state index is 6.29. The summed E-state index contributed by atoms with van der Waals surface area (Å²) in [6.07, 6.45) is 0.869. The first kappa shape index (κ1) is 14.4. The van der Waals surface area contributed by atoms with E-state index in [0.29, 0.717) is 0 Å². The molecule has 5 heteroatoms. The Bertz CT molecular complexity index is 553. The number of thiophene rings is 1. The Kier molecular flexibility index (Phi) is 4.91. The van der Waals surface area contributed by atoms with Crippen LogP contribution in [0.3, 0.4) is 0 Å². The number of halogens is 1. The molecule has 0 aliphatic rings. The van der Waals surface area contributed by atoms with E-state index in [0.717, 1.165) is 34.3 Å². The summed E-state index contributed by atoms with van der Waals surface area (Å²) < 4.78 is 0. The maximum Gasteiger partial charge on any atom is 0.0705 e. The summed E-state index contributed by atoms with van der Waals surface area (Å²) in [7, 11) is 0. The number of nitrogens with one attached hydrogen (secondary N) is 1. The van der Waals surface area contributed by atoms with Crippen LogP contribution >= 0.6 is 22.9 Å². The Morgan fingerprint density at radius 1 is 1.37 bits per heavy atom. The predicted octanol–water partition coefficient (Wildman–Crippen LogP) is 3.76. The van der Waals surface area contributed by atoms with Crippen LogP contribution in [0.25, 0.3) is 0 Å². The average Bonchev–Trinajstić information content (AvgIpc) is 2.82. The zero-order chi connectivity index (χ0) is 13.8. The van der Waals surface area contributed by atoms with E-state index in [1.165, 1.54) is 5.56 Å². The van der Waals surface area contributed by atoms with Gasteiger partial charge in [-0.15, -0.1) is 11.3 Å². The van der Waals surface area contributed by atoms with Crippen LogP contribution in [0, 0.1) is 6.92 Å². The summed E-state index contributed by atoms with van der Waals surface area (Å²) >= 11 is 7.96. The van der Waals surface area contributed by atoms with Crippen molar-refractivity contribution in [2.45, 2.75) is 33.2 Å². The standard InChI is InChI=1S/C14H18ClN3S/c1-4-12-10(8-9(3)17-18-12)13(16-5-2)14-11(15)6-7-19-14/h6-8,13,16H,4-5H2,1-3H3. The molecule has 3 nitrogen and oxygen atoms in total. The van der Waals surface area contributed by atoms with Crippen LogP contribution in [0.5, 0.6) is 0 Å². The Hall–Kier alpha value is -0.970. The highest BCUT2D eigenvalue weighted by atomic mass is 35.5. The number of aromatic nitrogens is 2. The van der Waals surface area contributed by atoms with Crippen molar-refractivity contribution < 1.29 is 0 Å². The molecule has 0 radical (unpaired) electrons. The topological polar surface area (TPSA) is 37.8 Å². The van der Waals surface area contributed by atoms with E-state index < -0.39 is 0 Å². The number of hydrogen-bond acceptors (Lipinski definition) is 4. The fraction of sp³-hybridized carbons (Fsp3) is 0.429. The predicted molar refractivity (Wildman–Crippen MR) is 81.0 cm³/mol. The molecule has 0 saturated heterocycles. The first-order chi connectivity index (χ1) is 9.17. The Balaban J connectivity index is 2.50. The lowest BCUT2D eigenvalue weighted by Crippen LogP contribution is -2.23. The number of aryl methyl sites for hydroxylation is 2. The molecule has 0 bridgehead atoms. The minimum absolute atomic E-state index is 0.0987. The fourth-order valence-electron chi connectivity index (χ4n) is 2.12. The molecule has 1 unspecified atom stereocenters.